The Morgan fingerprint density at radius 3 is 2.22 bits per heavy atom. The second-order valence-corrected chi connectivity index (χ2v) is 18.8. The van der Waals surface area contributed by atoms with Crippen LogP contribution < -0.4 is 5.32 Å². The number of benzene rings is 1. The number of nitrogens with one attached hydrogen (secondary N) is 1. The van der Waals surface area contributed by atoms with Crippen LogP contribution in [0.4, 0.5) is 0 Å². The van der Waals surface area contributed by atoms with Crippen LogP contribution in [0.3, 0.4) is 0 Å². The van der Waals surface area contributed by atoms with Crippen molar-refractivity contribution < 1.29 is 20.1 Å². The summed E-state index contributed by atoms with van der Waals surface area (Å²) >= 11 is 0. The van der Waals surface area contributed by atoms with Crippen LogP contribution in [-0.4, -0.2) is 72.1 Å². The first-order chi connectivity index (χ1) is 23.7. The van der Waals surface area contributed by atoms with Gasteiger partial charge in [-0.25, -0.2) is 4.79 Å². The van der Waals surface area contributed by atoms with Gasteiger partial charge in [0.1, 0.15) is 0 Å². The van der Waals surface area contributed by atoms with Gasteiger partial charge in [-0.3, -0.25) is 4.90 Å². The third-order valence-corrected chi connectivity index (χ3v) is 16.4. The molecule has 0 aliphatic heterocycles. The lowest BCUT2D eigenvalue weighted by Crippen LogP contribution is -2.65. The maximum absolute atomic E-state index is 11.6. The number of nitrogens with zero attached hydrogens (tertiary/aromatic N) is 1. The Morgan fingerprint density at radius 2 is 1.58 bits per heavy atom. The van der Waals surface area contributed by atoms with Gasteiger partial charge in [0.25, 0.3) is 0 Å². The maximum atomic E-state index is 11.6. The highest BCUT2D eigenvalue weighted by Gasteiger charge is 2.70. The average molecular weight is 689 g/mol. The van der Waals surface area contributed by atoms with Gasteiger partial charge in [-0.1, -0.05) is 65.0 Å². The molecule has 1 aromatic carbocycles. The van der Waals surface area contributed by atoms with Gasteiger partial charge in [-0.15, -0.1) is 0 Å². The minimum atomic E-state index is -0.864. The molecule has 6 rings (SSSR count). The van der Waals surface area contributed by atoms with E-state index in [-0.39, 0.29) is 24.0 Å². The Hall–Kier alpha value is -1.99. The Balaban J connectivity index is 1.23. The van der Waals surface area contributed by atoms with Gasteiger partial charge in [0.05, 0.1) is 18.8 Å². The summed E-state index contributed by atoms with van der Waals surface area (Å²) in [7, 11) is 0. The van der Waals surface area contributed by atoms with Crippen molar-refractivity contribution >= 4 is 11.5 Å². The first-order valence-electron chi connectivity index (χ1n) is 20.0. The summed E-state index contributed by atoms with van der Waals surface area (Å²) in [5.74, 6) is 2.46. The Labute approximate surface area is 303 Å². The monoisotopic (exact) mass is 689 g/mol. The normalized spacial score (nSPS) is 38.8. The average Bonchev–Trinajstić information content (AvgIpc) is 3.45. The summed E-state index contributed by atoms with van der Waals surface area (Å²) in [5, 5.41) is 32.3. The zero-order valence-corrected chi connectivity index (χ0v) is 32.2. The van der Waals surface area contributed by atoms with Gasteiger partial charge in [0, 0.05) is 19.6 Å². The number of hydrogen-bond acceptors (Lipinski definition) is 5. The van der Waals surface area contributed by atoms with Crippen LogP contribution in [0.2, 0.25) is 0 Å². The lowest BCUT2D eigenvalue weighted by Gasteiger charge is -2.72. The largest absolute Gasteiger partial charge is 0.478 e. The predicted octanol–water partition coefficient (Wildman–Crippen LogP) is 8.30. The van der Waals surface area contributed by atoms with E-state index in [1.54, 1.807) is 12.1 Å². The molecule has 0 spiro atoms. The third kappa shape index (κ3) is 6.06. The molecule has 0 saturated heterocycles. The molecule has 0 unspecified atom stereocenters. The van der Waals surface area contributed by atoms with Gasteiger partial charge in [0.2, 0.25) is 0 Å². The summed E-state index contributed by atoms with van der Waals surface area (Å²) < 4.78 is 0. The SMILES string of the molecule is C=C(C)[C@@H]1CC[C@]2(CNCCCN(CCO)CCO)CC[C@]3(C)[C@H](CC[C@@H]4[C@@]5(C)CC=C(c6ccc(C(=O)O)cc6)C(C)(C)[C@@H]5CC[C@]43C)[C@@H]12. The number of hydrogen-bond donors (Lipinski definition) is 4. The van der Waals surface area contributed by atoms with Crippen molar-refractivity contribution in [2.45, 2.75) is 106 Å². The molecular weight excluding hydrogens is 620 g/mol. The summed E-state index contributed by atoms with van der Waals surface area (Å²) in [6, 6.07) is 7.61. The highest BCUT2D eigenvalue weighted by atomic mass is 16.4. The molecule has 0 heterocycles. The number of carboxylic acids is 1. The Morgan fingerprint density at radius 1 is 0.880 bits per heavy atom. The molecule has 278 valence electrons. The number of aromatic carboxylic acids is 1. The highest BCUT2D eigenvalue weighted by molar-refractivity contribution is 5.88. The van der Waals surface area contributed by atoms with Gasteiger partial charge >= 0.3 is 5.97 Å². The van der Waals surface area contributed by atoms with Crippen molar-refractivity contribution in [3.8, 4) is 0 Å². The summed E-state index contributed by atoms with van der Waals surface area (Å²) in [6.07, 6.45) is 15.1. The molecule has 4 saturated carbocycles. The molecule has 1 aromatic rings. The molecule has 50 heavy (non-hydrogen) atoms. The summed E-state index contributed by atoms with van der Waals surface area (Å²) in [4.78, 5) is 13.7. The molecule has 6 heteroatoms. The van der Waals surface area contributed by atoms with E-state index in [9.17, 15) is 20.1 Å². The quantitative estimate of drug-likeness (QED) is 0.123. The number of carbonyl (C=O) groups is 1. The molecule has 6 nitrogen and oxygen atoms in total. The summed E-state index contributed by atoms with van der Waals surface area (Å²) in [6.45, 7) is 24.5. The second kappa shape index (κ2) is 14.1. The summed E-state index contributed by atoms with van der Waals surface area (Å²) in [5.41, 5.74) is 5.56. The third-order valence-electron chi connectivity index (χ3n) is 16.4. The fourth-order valence-electron chi connectivity index (χ4n) is 13.9. The van der Waals surface area contributed by atoms with Crippen molar-refractivity contribution in [2.75, 3.05) is 45.9 Å². The van der Waals surface area contributed by atoms with Crippen molar-refractivity contribution in [2.24, 2.45) is 56.7 Å². The topological polar surface area (TPSA) is 93.0 Å². The lowest BCUT2D eigenvalue weighted by molar-refractivity contribution is -0.225. The molecule has 5 aliphatic carbocycles. The number of aliphatic hydroxyl groups is 2. The van der Waals surface area contributed by atoms with Crippen molar-refractivity contribution in [3.05, 3.63) is 53.6 Å². The second-order valence-electron chi connectivity index (χ2n) is 18.8. The fraction of sp³-hybridized carbons (Fsp3) is 0.750. The Kier molecular flexibility index (Phi) is 10.6. The van der Waals surface area contributed by atoms with E-state index >= 15 is 0 Å². The molecule has 5 aliphatic rings. The van der Waals surface area contributed by atoms with Crippen LogP contribution in [0, 0.1) is 56.7 Å². The molecule has 0 radical (unpaired) electrons. The number of aliphatic hydroxyl groups excluding tert-OH is 2. The molecule has 4 N–H and O–H groups in total. The van der Waals surface area contributed by atoms with E-state index in [4.69, 9.17) is 0 Å². The highest BCUT2D eigenvalue weighted by Crippen LogP contribution is 2.77. The van der Waals surface area contributed by atoms with Crippen molar-refractivity contribution in [3.63, 3.8) is 0 Å². The fourth-order valence-corrected chi connectivity index (χ4v) is 13.9. The molecule has 4 fully saturated rings. The zero-order valence-electron chi connectivity index (χ0n) is 32.2. The first kappa shape index (κ1) is 37.8. The molecule has 0 bridgehead atoms. The number of fused-ring (bicyclic) bond motifs is 7. The Bertz CT molecular complexity index is 1430. The van der Waals surface area contributed by atoms with Crippen molar-refractivity contribution in [1.29, 1.82) is 0 Å². The standard InChI is InChI=1S/C44H68N2O4/c1-30(2)33-15-20-44(29-45-23-8-24-46(25-27-47)26-28-48)22-21-42(6)35(38(33)44)13-14-37-41(5)18-16-34(31-9-11-32(12-10-31)39(49)50)40(3,4)36(41)17-19-43(37,42)7/h9-12,16,33,35-38,45,47-48H,1,8,13-15,17-29H2,2-7H3,(H,49,50)/t33-,35+,36-,37+,38+,41-,42+,43+,44+/m0/s1. The van der Waals surface area contributed by atoms with E-state index in [1.807, 2.05) is 12.1 Å². The van der Waals surface area contributed by atoms with Crippen LogP contribution in [-0.2, 0) is 0 Å². The first-order valence-corrected chi connectivity index (χ1v) is 20.0. The van der Waals surface area contributed by atoms with Crippen LogP contribution in [0.1, 0.15) is 122 Å². The lowest BCUT2D eigenvalue weighted by atomic mass is 9.32. The molecule has 0 aromatic heterocycles. The molecular formula is C44H68N2O4. The zero-order chi connectivity index (χ0) is 36.1. The van der Waals surface area contributed by atoms with Gasteiger partial charge < -0.3 is 20.6 Å². The van der Waals surface area contributed by atoms with Crippen LogP contribution in [0.25, 0.3) is 5.57 Å². The minimum absolute atomic E-state index is 0.0218. The number of carboxylic acid groups (broad SMARTS) is 1. The number of allylic oxidation sites excluding steroid dienone is 3. The number of rotatable bonds is 13. The maximum Gasteiger partial charge on any atom is 0.335 e. The smallest absolute Gasteiger partial charge is 0.335 e. The van der Waals surface area contributed by atoms with Crippen LogP contribution in [0.5, 0.6) is 0 Å². The van der Waals surface area contributed by atoms with Gasteiger partial charge in [-0.05, 0) is 164 Å². The van der Waals surface area contributed by atoms with Crippen LogP contribution in [0.15, 0.2) is 42.5 Å². The van der Waals surface area contributed by atoms with E-state index in [0.717, 1.165) is 38.4 Å². The van der Waals surface area contributed by atoms with Gasteiger partial charge in [0.15, 0.2) is 0 Å². The molecule has 0 amide bonds. The molecule has 9 atom stereocenters. The van der Waals surface area contributed by atoms with E-state index in [2.05, 4.69) is 64.4 Å². The van der Waals surface area contributed by atoms with E-state index < -0.39 is 5.97 Å². The van der Waals surface area contributed by atoms with Crippen molar-refractivity contribution in [1.82, 2.24) is 10.2 Å². The van der Waals surface area contributed by atoms with E-state index in [0.29, 0.717) is 58.6 Å². The minimum Gasteiger partial charge on any atom is -0.478 e. The van der Waals surface area contributed by atoms with E-state index in [1.165, 1.54) is 68.1 Å². The van der Waals surface area contributed by atoms with Gasteiger partial charge in [-0.2, -0.15) is 0 Å². The predicted molar refractivity (Wildman–Crippen MR) is 204 cm³/mol. The van der Waals surface area contributed by atoms with Crippen LogP contribution >= 0.6 is 0 Å².